The van der Waals surface area contributed by atoms with Crippen molar-refractivity contribution in [2.24, 2.45) is 11.8 Å². The predicted molar refractivity (Wildman–Crippen MR) is 76.4 cm³/mol. The van der Waals surface area contributed by atoms with Gasteiger partial charge in [-0.2, -0.15) is 0 Å². The Balaban J connectivity index is 2.51. The van der Waals surface area contributed by atoms with Crippen LogP contribution in [-0.4, -0.2) is 36.6 Å². The van der Waals surface area contributed by atoms with Crippen LogP contribution in [0.3, 0.4) is 0 Å². The third kappa shape index (κ3) is 4.59. The van der Waals surface area contributed by atoms with E-state index in [4.69, 9.17) is 0 Å². The number of rotatable bonds is 6. The predicted octanol–water partition coefficient (Wildman–Crippen LogP) is 3.13. The number of hydrogen-bond acceptors (Lipinski definition) is 2. The second-order valence-corrected chi connectivity index (χ2v) is 6.23. The molecule has 1 N–H and O–H groups in total. The van der Waals surface area contributed by atoms with Gasteiger partial charge in [0, 0.05) is 18.6 Å². The molecule has 0 radical (unpaired) electrons. The smallest absolute Gasteiger partial charge is 0.0246 e. The number of nitrogens with one attached hydrogen (secondary N) is 1. The van der Waals surface area contributed by atoms with Crippen molar-refractivity contribution in [3.63, 3.8) is 0 Å². The second-order valence-electron chi connectivity index (χ2n) is 6.23. The van der Waals surface area contributed by atoms with Crippen LogP contribution in [0.15, 0.2) is 0 Å². The molecule has 3 unspecified atom stereocenters. The Hall–Kier alpha value is -0.0800. The zero-order valence-corrected chi connectivity index (χ0v) is 12.5. The minimum absolute atomic E-state index is 0.712. The van der Waals surface area contributed by atoms with Gasteiger partial charge in [0.05, 0.1) is 0 Å². The van der Waals surface area contributed by atoms with E-state index < -0.39 is 0 Å². The summed E-state index contributed by atoms with van der Waals surface area (Å²) in [4.78, 5) is 2.74. The van der Waals surface area contributed by atoms with Crippen LogP contribution in [0, 0.1) is 11.8 Å². The first-order chi connectivity index (χ1) is 8.06. The normalized spacial score (nSPS) is 28.6. The van der Waals surface area contributed by atoms with Gasteiger partial charge >= 0.3 is 0 Å². The highest BCUT2D eigenvalue weighted by Crippen LogP contribution is 2.26. The van der Waals surface area contributed by atoms with Gasteiger partial charge in [-0.05, 0) is 51.1 Å². The van der Waals surface area contributed by atoms with Crippen LogP contribution in [-0.2, 0) is 0 Å². The van der Waals surface area contributed by atoms with E-state index in [0.29, 0.717) is 6.04 Å². The highest BCUT2D eigenvalue weighted by Gasteiger charge is 2.29. The number of hydrogen-bond donors (Lipinski definition) is 1. The summed E-state index contributed by atoms with van der Waals surface area (Å²) in [7, 11) is 0. The van der Waals surface area contributed by atoms with E-state index in [0.717, 1.165) is 31.0 Å². The third-order valence-electron chi connectivity index (χ3n) is 4.17. The molecule has 1 aliphatic heterocycles. The van der Waals surface area contributed by atoms with Gasteiger partial charge in [-0.1, -0.05) is 27.7 Å². The van der Waals surface area contributed by atoms with Crippen molar-refractivity contribution in [3.05, 3.63) is 0 Å². The van der Waals surface area contributed by atoms with E-state index in [1.165, 1.54) is 25.8 Å². The molecule has 0 aromatic heterocycles. The summed E-state index contributed by atoms with van der Waals surface area (Å²) in [5.74, 6) is 1.66. The lowest BCUT2D eigenvalue weighted by molar-refractivity contribution is 0.0588. The van der Waals surface area contributed by atoms with Gasteiger partial charge in [0.15, 0.2) is 0 Å². The summed E-state index contributed by atoms with van der Waals surface area (Å²) in [5, 5.41) is 3.60. The Labute approximate surface area is 108 Å². The maximum atomic E-state index is 3.60. The van der Waals surface area contributed by atoms with E-state index >= 15 is 0 Å². The van der Waals surface area contributed by atoms with Crippen LogP contribution in [0.1, 0.15) is 53.9 Å². The molecule has 17 heavy (non-hydrogen) atoms. The van der Waals surface area contributed by atoms with Gasteiger partial charge in [-0.15, -0.1) is 0 Å². The molecule has 0 saturated carbocycles. The van der Waals surface area contributed by atoms with Crippen molar-refractivity contribution in [2.45, 2.75) is 66.0 Å². The minimum atomic E-state index is 0.712. The molecule has 0 aromatic carbocycles. The van der Waals surface area contributed by atoms with E-state index in [9.17, 15) is 0 Å². The maximum absolute atomic E-state index is 3.60. The first-order valence-electron chi connectivity index (χ1n) is 7.52. The fourth-order valence-corrected chi connectivity index (χ4v) is 3.08. The third-order valence-corrected chi connectivity index (χ3v) is 4.17. The summed E-state index contributed by atoms with van der Waals surface area (Å²) in [5.41, 5.74) is 0. The molecule has 0 spiro atoms. The lowest BCUT2D eigenvalue weighted by atomic mass is 9.89. The Bertz CT molecular complexity index is 203. The van der Waals surface area contributed by atoms with Crippen LogP contribution in [0.2, 0.25) is 0 Å². The Morgan fingerprint density at radius 3 is 2.53 bits per heavy atom. The molecule has 3 atom stereocenters. The zero-order chi connectivity index (χ0) is 12.8. The molecule has 1 aliphatic rings. The van der Waals surface area contributed by atoms with Crippen molar-refractivity contribution < 1.29 is 0 Å². The van der Waals surface area contributed by atoms with Crippen LogP contribution in [0.4, 0.5) is 0 Å². The molecule has 0 bridgehead atoms. The van der Waals surface area contributed by atoms with E-state index in [1.54, 1.807) is 0 Å². The largest absolute Gasteiger partial charge is 0.315 e. The van der Waals surface area contributed by atoms with E-state index in [-0.39, 0.29) is 0 Å². The molecule has 2 nitrogen and oxygen atoms in total. The topological polar surface area (TPSA) is 15.3 Å². The van der Waals surface area contributed by atoms with Crippen LogP contribution >= 0.6 is 0 Å². The van der Waals surface area contributed by atoms with Crippen molar-refractivity contribution in [2.75, 3.05) is 19.6 Å². The Morgan fingerprint density at radius 1 is 1.29 bits per heavy atom. The van der Waals surface area contributed by atoms with Crippen LogP contribution in [0.25, 0.3) is 0 Å². The first kappa shape index (κ1) is 15.0. The maximum Gasteiger partial charge on any atom is 0.0246 e. The fraction of sp³-hybridized carbons (Fsp3) is 1.00. The molecular formula is C15H32N2. The lowest BCUT2D eigenvalue weighted by Gasteiger charge is -2.43. The molecule has 1 rings (SSSR count). The van der Waals surface area contributed by atoms with Gasteiger partial charge in [0.1, 0.15) is 0 Å². The molecule has 0 amide bonds. The van der Waals surface area contributed by atoms with Crippen LogP contribution in [0.5, 0.6) is 0 Å². The molecule has 102 valence electrons. The van der Waals surface area contributed by atoms with Crippen LogP contribution < -0.4 is 5.32 Å². The van der Waals surface area contributed by atoms with Crippen molar-refractivity contribution in [3.8, 4) is 0 Å². The van der Waals surface area contributed by atoms with Gasteiger partial charge in [0.2, 0.25) is 0 Å². The number of nitrogens with zero attached hydrogens (tertiary/aromatic N) is 1. The number of likely N-dealkylation sites (tertiary alicyclic amines) is 1. The second kappa shape index (κ2) is 7.38. The lowest BCUT2D eigenvalue weighted by Crippen LogP contribution is -2.52. The van der Waals surface area contributed by atoms with Gasteiger partial charge in [0.25, 0.3) is 0 Å². The minimum Gasteiger partial charge on any atom is -0.315 e. The molecule has 2 heteroatoms. The summed E-state index contributed by atoms with van der Waals surface area (Å²) >= 11 is 0. The van der Waals surface area contributed by atoms with E-state index in [1.807, 2.05) is 0 Å². The Kier molecular flexibility index (Phi) is 6.50. The highest BCUT2D eigenvalue weighted by molar-refractivity contribution is 4.85. The standard InChI is InChI=1S/C15H32N2/c1-6-8-16-11-15(12(2)3)17-9-7-13(4)10-14(17)5/h12-16H,6-11H2,1-5H3. The SMILES string of the molecule is CCCNCC(C(C)C)N1CCC(C)CC1C. The average Bonchev–Trinajstić information content (AvgIpc) is 2.25. The van der Waals surface area contributed by atoms with Crippen molar-refractivity contribution in [1.29, 1.82) is 0 Å². The first-order valence-corrected chi connectivity index (χ1v) is 7.52. The molecule has 0 aliphatic carbocycles. The quantitative estimate of drug-likeness (QED) is 0.718. The van der Waals surface area contributed by atoms with E-state index in [2.05, 4.69) is 44.8 Å². The van der Waals surface area contributed by atoms with Gasteiger partial charge in [-0.25, -0.2) is 0 Å². The molecule has 1 fully saturated rings. The average molecular weight is 240 g/mol. The summed E-state index contributed by atoms with van der Waals surface area (Å²) < 4.78 is 0. The molecule has 1 heterocycles. The van der Waals surface area contributed by atoms with Gasteiger partial charge < -0.3 is 5.32 Å². The van der Waals surface area contributed by atoms with Gasteiger partial charge in [-0.3, -0.25) is 4.90 Å². The van der Waals surface area contributed by atoms with Crippen molar-refractivity contribution in [1.82, 2.24) is 10.2 Å². The molecule has 1 saturated heterocycles. The summed E-state index contributed by atoms with van der Waals surface area (Å²) in [6.45, 7) is 15.4. The summed E-state index contributed by atoms with van der Waals surface area (Å²) in [6, 6.07) is 1.47. The van der Waals surface area contributed by atoms with Crippen molar-refractivity contribution >= 4 is 0 Å². The Morgan fingerprint density at radius 2 is 2.00 bits per heavy atom. The fourth-order valence-electron chi connectivity index (χ4n) is 3.08. The summed E-state index contributed by atoms with van der Waals surface area (Å²) in [6.07, 6.45) is 3.98. The molecule has 0 aromatic rings. The monoisotopic (exact) mass is 240 g/mol. The highest BCUT2D eigenvalue weighted by atomic mass is 15.2. The zero-order valence-electron chi connectivity index (χ0n) is 12.5. The molecular weight excluding hydrogens is 208 g/mol. The number of piperidine rings is 1.